The van der Waals surface area contributed by atoms with E-state index in [1.54, 1.807) is 0 Å². The predicted molar refractivity (Wildman–Crippen MR) is 226 cm³/mol. The number of ether oxygens (including phenoxy) is 4. The van der Waals surface area contributed by atoms with Gasteiger partial charge in [0.15, 0.2) is 0 Å². The standard InChI is InChI=1S/C50H54O6/c1-29(2)39-19-15-31(5)23-45(39)55-49(51)53-43-21-17-37-25-33-11-7-9-13-35(33)27-41(37)47(43)48-42-28-36-14-10-8-12-34(36)26-38(42)18-22-44(48)54-50(52)56-46-24-32(6)16-20-40(46)30(3)4/h7-14,17-18,21-22,25-32,39-40,45-46H,15-16,19-20,23-24H2,1-6H3/t31-,32-,39+,40+,45-,46-/m1/s1. The molecule has 290 valence electrons. The number of carbonyl (C=O) groups is 2. The number of hydrogen-bond donors (Lipinski definition) is 0. The fourth-order valence-corrected chi connectivity index (χ4v) is 9.65. The topological polar surface area (TPSA) is 71.1 Å². The van der Waals surface area contributed by atoms with Gasteiger partial charge in [-0.15, -0.1) is 0 Å². The summed E-state index contributed by atoms with van der Waals surface area (Å²) in [4.78, 5) is 27.9. The Balaban J connectivity index is 1.29. The van der Waals surface area contributed by atoms with Gasteiger partial charge in [-0.25, -0.2) is 9.59 Å². The molecule has 6 aromatic rings. The van der Waals surface area contributed by atoms with Crippen molar-refractivity contribution in [3.8, 4) is 22.6 Å². The summed E-state index contributed by atoms with van der Waals surface area (Å²) in [5, 5.41) is 7.91. The van der Waals surface area contributed by atoms with E-state index >= 15 is 0 Å². The van der Waals surface area contributed by atoms with E-state index in [0.717, 1.165) is 81.6 Å². The summed E-state index contributed by atoms with van der Waals surface area (Å²) in [6.07, 6.45) is 3.99. The van der Waals surface area contributed by atoms with Gasteiger partial charge in [-0.05, 0) is 141 Å². The molecule has 0 radical (unpaired) electrons. The van der Waals surface area contributed by atoms with Crippen LogP contribution in [-0.2, 0) is 9.47 Å². The Kier molecular flexibility index (Phi) is 10.7. The maximum atomic E-state index is 14.0. The van der Waals surface area contributed by atoms with Gasteiger partial charge in [0.2, 0.25) is 0 Å². The first-order valence-electron chi connectivity index (χ1n) is 20.7. The van der Waals surface area contributed by atoms with Crippen LogP contribution in [0.25, 0.3) is 54.2 Å². The Hall–Kier alpha value is -5.10. The molecule has 0 amide bonds. The van der Waals surface area contributed by atoms with Crippen molar-refractivity contribution in [3.05, 3.63) is 97.1 Å². The molecule has 0 aliphatic heterocycles. The molecule has 0 bridgehead atoms. The van der Waals surface area contributed by atoms with Crippen LogP contribution in [0.4, 0.5) is 9.59 Å². The molecule has 6 atom stereocenters. The minimum atomic E-state index is -0.727. The van der Waals surface area contributed by atoms with Crippen molar-refractivity contribution in [1.29, 1.82) is 0 Å². The highest BCUT2D eigenvalue weighted by molar-refractivity contribution is 6.15. The maximum Gasteiger partial charge on any atom is 0.514 e. The van der Waals surface area contributed by atoms with Crippen LogP contribution in [0.2, 0.25) is 0 Å². The predicted octanol–water partition coefficient (Wildman–Crippen LogP) is 13.9. The molecule has 0 spiro atoms. The van der Waals surface area contributed by atoms with Crippen molar-refractivity contribution in [3.63, 3.8) is 0 Å². The van der Waals surface area contributed by atoms with E-state index in [1.165, 1.54) is 0 Å². The lowest BCUT2D eigenvalue weighted by Gasteiger charge is -2.36. The first-order chi connectivity index (χ1) is 27.0. The van der Waals surface area contributed by atoms with E-state index in [-0.39, 0.29) is 24.0 Å². The highest BCUT2D eigenvalue weighted by Gasteiger charge is 2.36. The monoisotopic (exact) mass is 750 g/mol. The lowest BCUT2D eigenvalue weighted by Crippen LogP contribution is -2.36. The van der Waals surface area contributed by atoms with Gasteiger partial charge in [-0.2, -0.15) is 0 Å². The number of fused-ring (bicyclic) bond motifs is 4. The fraction of sp³-hybridized carbons (Fsp3) is 0.400. The SMILES string of the molecule is CC(C)[C@@H]1CC[C@@H](C)C[C@H]1OC(=O)Oc1ccc2cc3ccccc3cc2c1-c1c(OC(=O)O[C@@H]2C[C@H](C)CC[C@H]2C(C)C)ccc2cc3ccccc3cc12. The highest BCUT2D eigenvalue weighted by Crippen LogP contribution is 2.48. The summed E-state index contributed by atoms with van der Waals surface area (Å²) in [6, 6.07) is 32.7. The van der Waals surface area contributed by atoms with Gasteiger partial charge in [0.05, 0.1) is 0 Å². The molecule has 0 unspecified atom stereocenters. The average Bonchev–Trinajstić information content (AvgIpc) is 3.16. The smallest absolute Gasteiger partial charge is 0.430 e. The van der Waals surface area contributed by atoms with Crippen LogP contribution in [0.15, 0.2) is 97.1 Å². The first kappa shape index (κ1) is 37.8. The summed E-state index contributed by atoms with van der Waals surface area (Å²) in [6.45, 7) is 13.2. The van der Waals surface area contributed by atoms with E-state index in [0.29, 0.717) is 46.3 Å². The summed E-state index contributed by atoms with van der Waals surface area (Å²) in [7, 11) is 0. The maximum absolute atomic E-state index is 14.0. The van der Waals surface area contributed by atoms with Crippen molar-refractivity contribution in [2.75, 3.05) is 0 Å². The molecule has 0 N–H and O–H groups in total. The van der Waals surface area contributed by atoms with Crippen molar-refractivity contribution >= 4 is 55.4 Å². The Morgan fingerprint density at radius 1 is 0.500 bits per heavy atom. The minimum Gasteiger partial charge on any atom is -0.430 e. The molecule has 2 aliphatic carbocycles. The summed E-state index contributed by atoms with van der Waals surface area (Å²) in [5.74, 6) is 2.88. The van der Waals surface area contributed by atoms with Gasteiger partial charge in [0.25, 0.3) is 0 Å². The number of benzene rings is 6. The van der Waals surface area contributed by atoms with E-state index in [9.17, 15) is 9.59 Å². The van der Waals surface area contributed by atoms with Crippen molar-refractivity contribution in [2.24, 2.45) is 35.5 Å². The van der Waals surface area contributed by atoms with E-state index < -0.39 is 12.3 Å². The molecule has 6 nitrogen and oxygen atoms in total. The third kappa shape index (κ3) is 7.68. The van der Waals surface area contributed by atoms with Crippen LogP contribution in [-0.4, -0.2) is 24.5 Å². The summed E-state index contributed by atoms with van der Waals surface area (Å²) < 4.78 is 25.1. The van der Waals surface area contributed by atoms with Crippen molar-refractivity contribution < 1.29 is 28.5 Å². The number of carbonyl (C=O) groups excluding carboxylic acids is 2. The van der Waals surface area contributed by atoms with E-state index in [4.69, 9.17) is 18.9 Å². The summed E-state index contributed by atoms with van der Waals surface area (Å²) >= 11 is 0. The molecule has 6 heteroatoms. The second-order valence-corrected chi connectivity index (χ2v) is 17.4. The Labute approximate surface area is 330 Å². The third-order valence-electron chi connectivity index (χ3n) is 12.8. The molecule has 2 aliphatic rings. The van der Waals surface area contributed by atoms with Crippen LogP contribution < -0.4 is 9.47 Å². The van der Waals surface area contributed by atoms with Gasteiger partial charge in [0.1, 0.15) is 23.7 Å². The van der Waals surface area contributed by atoms with Crippen LogP contribution >= 0.6 is 0 Å². The molecule has 56 heavy (non-hydrogen) atoms. The molecule has 6 aromatic carbocycles. The van der Waals surface area contributed by atoms with Gasteiger partial charge in [-0.1, -0.05) is 115 Å². The fourth-order valence-electron chi connectivity index (χ4n) is 9.65. The average molecular weight is 751 g/mol. The molecule has 0 heterocycles. The lowest BCUT2D eigenvalue weighted by atomic mass is 9.75. The second-order valence-electron chi connectivity index (χ2n) is 17.4. The van der Waals surface area contributed by atoms with Gasteiger partial charge in [0, 0.05) is 11.1 Å². The third-order valence-corrected chi connectivity index (χ3v) is 12.8. The van der Waals surface area contributed by atoms with E-state index in [1.807, 2.05) is 48.5 Å². The zero-order chi connectivity index (χ0) is 39.1. The number of rotatable bonds is 7. The van der Waals surface area contributed by atoms with Crippen LogP contribution in [0.3, 0.4) is 0 Å². The highest BCUT2D eigenvalue weighted by atomic mass is 16.7. The summed E-state index contributed by atoms with van der Waals surface area (Å²) in [5.41, 5.74) is 1.30. The minimum absolute atomic E-state index is 0.228. The molecule has 2 fully saturated rings. The number of hydrogen-bond acceptors (Lipinski definition) is 6. The Morgan fingerprint density at radius 2 is 0.875 bits per heavy atom. The zero-order valence-electron chi connectivity index (χ0n) is 33.5. The second kappa shape index (κ2) is 15.8. The molecule has 8 rings (SSSR count). The Morgan fingerprint density at radius 3 is 1.25 bits per heavy atom. The Bertz CT molecular complexity index is 2240. The van der Waals surface area contributed by atoms with Crippen molar-refractivity contribution in [1.82, 2.24) is 0 Å². The first-order valence-corrected chi connectivity index (χ1v) is 20.7. The normalized spacial score (nSPS) is 22.9. The van der Waals surface area contributed by atoms with Gasteiger partial charge < -0.3 is 18.9 Å². The van der Waals surface area contributed by atoms with Crippen molar-refractivity contribution in [2.45, 2.75) is 92.3 Å². The molecular formula is C50H54O6. The van der Waals surface area contributed by atoms with Crippen LogP contribution in [0.1, 0.15) is 80.1 Å². The molecule has 0 saturated heterocycles. The van der Waals surface area contributed by atoms with Gasteiger partial charge >= 0.3 is 12.3 Å². The zero-order valence-corrected chi connectivity index (χ0v) is 33.5. The lowest BCUT2D eigenvalue weighted by molar-refractivity contribution is -0.0145. The van der Waals surface area contributed by atoms with Crippen LogP contribution in [0.5, 0.6) is 11.5 Å². The molecule has 2 saturated carbocycles. The molecular weight excluding hydrogens is 697 g/mol. The van der Waals surface area contributed by atoms with Gasteiger partial charge in [-0.3, -0.25) is 0 Å². The molecule has 0 aromatic heterocycles. The largest absolute Gasteiger partial charge is 0.514 e. The quantitative estimate of drug-likeness (QED) is 0.0919. The van der Waals surface area contributed by atoms with E-state index in [2.05, 4.69) is 90.1 Å². The van der Waals surface area contributed by atoms with Crippen LogP contribution in [0, 0.1) is 35.5 Å².